The molecule has 0 bridgehead atoms. The number of methoxy groups -OCH3 is 1. The normalized spacial score (nSPS) is 16.9. The molecule has 0 spiro atoms. The largest absolute Gasteiger partial charge is 0.492 e. The average molecular weight is 466 g/mol. The molecule has 0 fully saturated rings. The van der Waals surface area contributed by atoms with Crippen molar-refractivity contribution < 1.29 is 24.1 Å². The third-order valence-electron chi connectivity index (χ3n) is 6.25. The first-order chi connectivity index (χ1) is 16.5. The number of rotatable bonds is 6. The molecule has 0 unspecified atom stereocenters. The van der Waals surface area contributed by atoms with Crippen LogP contribution in [0.5, 0.6) is 17.2 Å². The van der Waals surface area contributed by atoms with Crippen LogP contribution in [0.1, 0.15) is 33.4 Å². The van der Waals surface area contributed by atoms with Gasteiger partial charge in [0.15, 0.2) is 17.3 Å². The standard InChI is InChI=1S/C23H26N6O5/c1-27-8-7-14-12-17-20(34-13-33-17)21(32-3)18(14)19(27)22-24-25-26-29(22)16-6-4-5-15(11-16)23(31)28(2)9-10-30/h4-6,11-12,19,30H,7-10,13H2,1-3H3/t19-/m1/s1. The van der Waals surface area contributed by atoms with E-state index in [1.165, 1.54) is 4.90 Å². The molecule has 11 heteroatoms. The first-order valence-corrected chi connectivity index (χ1v) is 11.0. The number of tetrazole rings is 1. The van der Waals surface area contributed by atoms with Gasteiger partial charge in [0.25, 0.3) is 5.91 Å². The molecule has 0 radical (unpaired) electrons. The molecule has 2 aromatic carbocycles. The summed E-state index contributed by atoms with van der Waals surface area (Å²) in [7, 11) is 5.28. The van der Waals surface area contributed by atoms with E-state index in [0.717, 1.165) is 24.1 Å². The molecule has 1 atom stereocenters. The lowest BCUT2D eigenvalue weighted by atomic mass is 9.90. The molecular formula is C23H26N6O5. The van der Waals surface area contributed by atoms with E-state index in [1.807, 2.05) is 19.2 Å². The molecule has 5 rings (SSSR count). The molecule has 1 amide bonds. The van der Waals surface area contributed by atoms with E-state index in [-0.39, 0.29) is 31.9 Å². The summed E-state index contributed by atoms with van der Waals surface area (Å²) in [5, 5.41) is 21.8. The van der Waals surface area contributed by atoms with Crippen molar-refractivity contribution >= 4 is 5.91 Å². The number of carbonyl (C=O) groups is 1. The maximum Gasteiger partial charge on any atom is 0.253 e. The van der Waals surface area contributed by atoms with Crippen LogP contribution in [0.25, 0.3) is 5.69 Å². The predicted molar refractivity (Wildman–Crippen MR) is 120 cm³/mol. The van der Waals surface area contributed by atoms with Crippen molar-refractivity contribution in [1.29, 1.82) is 0 Å². The first-order valence-electron chi connectivity index (χ1n) is 11.0. The lowest BCUT2D eigenvalue weighted by molar-refractivity contribution is 0.0767. The smallest absolute Gasteiger partial charge is 0.253 e. The predicted octanol–water partition coefficient (Wildman–Crippen LogP) is 1.04. The summed E-state index contributed by atoms with van der Waals surface area (Å²) >= 11 is 0. The Morgan fingerprint density at radius 3 is 2.97 bits per heavy atom. The van der Waals surface area contributed by atoms with Gasteiger partial charge in [-0.2, -0.15) is 4.68 Å². The van der Waals surface area contributed by atoms with Crippen molar-refractivity contribution in [2.75, 3.05) is 47.7 Å². The van der Waals surface area contributed by atoms with Gasteiger partial charge in [-0.05, 0) is 53.7 Å². The molecule has 1 aromatic heterocycles. The SMILES string of the molecule is COc1c2c(cc3c1[C@H](c1nnnn1-c1cccc(C(=O)N(C)CCO)c1)N(C)CC3)OCO2. The molecule has 2 aliphatic rings. The van der Waals surface area contributed by atoms with Gasteiger partial charge in [-0.1, -0.05) is 6.07 Å². The lowest BCUT2D eigenvalue weighted by Crippen LogP contribution is -2.35. The van der Waals surface area contributed by atoms with Crippen LogP contribution in [0.2, 0.25) is 0 Å². The second kappa shape index (κ2) is 8.92. The van der Waals surface area contributed by atoms with Crippen LogP contribution in [-0.2, 0) is 6.42 Å². The molecule has 0 saturated heterocycles. The van der Waals surface area contributed by atoms with E-state index >= 15 is 0 Å². The maximum absolute atomic E-state index is 12.8. The van der Waals surface area contributed by atoms with E-state index in [2.05, 4.69) is 20.4 Å². The Balaban J connectivity index is 1.59. The lowest BCUT2D eigenvalue weighted by Gasteiger charge is -2.34. The van der Waals surface area contributed by atoms with Crippen LogP contribution in [0.3, 0.4) is 0 Å². The van der Waals surface area contributed by atoms with E-state index in [0.29, 0.717) is 34.3 Å². The number of ether oxygens (including phenoxy) is 3. The Labute approximate surface area is 196 Å². The van der Waals surface area contributed by atoms with Crippen molar-refractivity contribution in [2.24, 2.45) is 0 Å². The summed E-state index contributed by atoms with van der Waals surface area (Å²) in [6.07, 6.45) is 0.818. The Morgan fingerprint density at radius 1 is 1.32 bits per heavy atom. The number of aliphatic hydroxyl groups excluding tert-OH is 1. The fraction of sp³-hybridized carbons (Fsp3) is 0.391. The second-order valence-electron chi connectivity index (χ2n) is 8.30. The fourth-order valence-corrected chi connectivity index (χ4v) is 4.55. The number of hydrogen-bond acceptors (Lipinski definition) is 9. The number of likely N-dealkylation sites (N-methyl/N-ethyl adjacent to an activating group) is 2. The zero-order chi connectivity index (χ0) is 23.8. The van der Waals surface area contributed by atoms with Gasteiger partial charge in [0.05, 0.1) is 19.4 Å². The molecule has 0 saturated carbocycles. The highest BCUT2D eigenvalue weighted by Crippen LogP contribution is 2.50. The van der Waals surface area contributed by atoms with Crippen LogP contribution < -0.4 is 14.2 Å². The minimum Gasteiger partial charge on any atom is -0.492 e. The Hall–Kier alpha value is -3.70. The van der Waals surface area contributed by atoms with Gasteiger partial charge < -0.3 is 24.2 Å². The highest BCUT2D eigenvalue weighted by Gasteiger charge is 2.37. The molecule has 178 valence electrons. The van der Waals surface area contributed by atoms with E-state index in [9.17, 15) is 4.79 Å². The highest BCUT2D eigenvalue weighted by molar-refractivity contribution is 5.94. The van der Waals surface area contributed by atoms with Crippen LogP contribution in [-0.4, -0.2) is 88.7 Å². The third kappa shape index (κ3) is 3.62. The first kappa shape index (κ1) is 22.1. The second-order valence-corrected chi connectivity index (χ2v) is 8.30. The Morgan fingerprint density at radius 2 is 2.18 bits per heavy atom. The molecule has 11 nitrogen and oxygen atoms in total. The van der Waals surface area contributed by atoms with Gasteiger partial charge in [0, 0.05) is 31.3 Å². The number of benzene rings is 2. The number of hydrogen-bond donors (Lipinski definition) is 1. The fourth-order valence-electron chi connectivity index (χ4n) is 4.55. The number of aromatic nitrogens is 4. The Bertz CT molecular complexity index is 1230. The zero-order valence-corrected chi connectivity index (χ0v) is 19.3. The minimum atomic E-state index is -0.306. The van der Waals surface area contributed by atoms with E-state index < -0.39 is 0 Å². The average Bonchev–Trinajstić information content (AvgIpc) is 3.52. The molecule has 0 aliphatic carbocycles. The zero-order valence-electron chi connectivity index (χ0n) is 19.3. The number of nitrogens with zero attached hydrogens (tertiary/aromatic N) is 6. The Kier molecular flexibility index (Phi) is 5.80. The number of carbonyl (C=O) groups excluding carboxylic acids is 1. The van der Waals surface area contributed by atoms with Gasteiger partial charge >= 0.3 is 0 Å². The number of fused-ring (bicyclic) bond motifs is 2. The van der Waals surface area contributed by atoms with Crippen LogP contribution in [0.4, 0.5) is 0 Å². The topological polar surface area (TPSA) is 115 Å². The van der Waals surface area contributed by atoms with Gasteiger partial charge in [-0.25, -0.2) is 0 Å². The van der Waals surface area contributed by atoms with Gasteiger partial charge in [0.2, 0.25) is 12.5 Å². The van der Waals surface area contributed by atoms with Crippen molar-refractivity contribution in [3.05, 3.63) is 52.8 Å². The monoisotopic (exact) mass is 466 g/mol. The summed E-state index contributed by atoms with van der Waals surface area (Å²) in [6.45, 7) is 1.09. The van der Waals surface area contributed by atoms with Gasteiger partial charge in [-0.3, -0.25) is 9.69 Å². The molecule has 3 aromatic rings. The summed E-state index contributed by atoms with van der Waals surface area (Å²) in [6, 6.07) is 8.82. The van der Waals surface area contributed by atoms with Crippen molar-refractivity contribution in [3.63, 3.8) is 0 Å². The summed E-state index contributed by atoms with van der Waals surface area (Å²) in [5.74, 6) is 2.27. The molecule has 2 aliphatic heterocycles. The summed E-state index contributed by atoms with van der Waals surface area (Å²) < 4.78 is 18.8. The van der Waals surface area contributed by atoms with E-state index in [4.69, 9.17) is 19.3 Å². The van der Waals surface area contributed by atoms with Crippen molar-refractivity contribution in [1.82, 2.24) is 30.0 Å². The van der Waals surface area contributed by atoms with Crippen LogP contribution in [0.15, 0.2) is 30.3 Å². The van der Waals surface area contributed by atoms with Gasteiger partial charge in [-0.15, -0.1) is 5.10 Å². The minimum absolute atomic E-state index is 0.104. The quantitative estimate of drug-likeness (QED) is 0.569. The van der Waals surface area contributed by atoms with Crippen molar-refractivity contribution in [3.8, 4) is 22.9 Å². The molecule has 1 N–H and O–H groups in total. The molecule has 3 heterocycles. The molecular weight excluding hydrogens is 440 g/mol. The third-order valence-corrected chi connectivity index (χ3v) is 6.25. The number of amides is 1. The summed E-state index contributed by atoms with van der Waals surface area (Å²) in [5.41, 5.74) is 3.16. The van der Waals surface area contributed by atoms with Crippen LogP contribution >= 0.6 is 0 Å². The summed E-state index contributed by atoms with van der Waals surface area (Å²) in [4.78, 5) is 16.4. The molecule has 34 heavy (non-hydrogen) atoms. The van der Waals surface area contributed by atoms with Crippen molar-refractivity contribution in [2.45, 2.75) is 12.5 Å². The highest BCUT2D eigenvalue weighted by atomic mass is 16.7. The number of aliphatic hydroxyl groups is 1. The van der Waals surface area contributed by atoms with Crippen LogP contribution in [0, 0.1) is 0 Å². The maximum atomic E-state index is 12.8. The van der Waals surface area contributed by atoms with Gasteiger partial charge in [0.1, 0.15) is 6.04 Å². The van der Waals surface area contributed by atoms with E-state index in [1.54, 1.807) is 37.0 Å².